The van der Waals surface area contributed by atoms with E-state index in [2.05, 4.69) is 13.0 Å². The van der Waals surface area contributed by atoms with E-state index in [-0.39, 0.29) is 0 Å². The Hall–Kier alpha value is -0.540. The monoisotopic (exact) mass is 481 g/mol. The molecule has 204 valence electrons. The summed E-state index contributed by atoms with van der Waals surface area (Å²) in [6.07, 6.45) is 34.8. The Balaban J connectivity index is 3.31. The minimum Gasteiger partial charge on any atom is -0.374 e. The molecule has 0 amide bonds. The van der Waals surface area contributed by atoms with Crippen molar-refractivity contribution in [2.75, 3.05) is 0 Å². The number of nitrogens with zero attached hydrogens (tertiary/aromatic N) is 1. The first-order chi connectivity index (χ1) is 16.7. The standard InChI is InChI=1S/C31H63NO2/c1-4-7-8-9-10-11-12-13-14-15-16-17-18-19-20-21-22-23-24-25-26-27-28-29-32(30(33)5-2)31(34)6-3/h28-31,33-34H,4-27H2,1-3H3. The van der Waals surface area contributed by atoms with Gasteiger partial charge >= 0.3 is 0 Å². The first-order valence-corrected chi connectivity index (χ1v) is 15.5. The molecule has 0 saturated heterocycles. The lowest BCUT2D eigenvalue weighted by molar-refractivity contribution is -0.0725. The summed E-state index contributed by atoms with van der Waals surface area (Å²) in [6, 6.07) is 0. The Labute approximate surface area is 214 Å². The highest BCUT2D eigenvalue weighted by atomic mass is 16.3. The van der Waals surface area contributed by atoms with E-state index in [0.717, 1.165) is 6.42 Å². The molecule has 0 heterocycles. The number of hydrogen-bond donors (Lipinski definition) is 2. The number of aliphatic hydroxyl groups excluding tert-OH is 2. The average Bonchev–Trinajstić information content (AvgIpc) is 2.85. The van der Waals surface area contributed by atoms with Gasteiger partial charge in [0.05, 0.1) is 0 Å². The van der Waals surface area contributed by atoms with Crippen molar-refractivity contribution in [2.45, 2.75) is 187 Å². The molecule has 2 N–H and O–H groups in total. The van der Waals surface area contributed by atoms with E-state index in [0.29, 0.717) is 12.8 Å². The van der Waals surface area contributed by atoms with E-state index in [1.807, 2.05) is 20.0 Å². The van der Waals surface area contributed by atoms with Gasteiger partial charge in [0.15, 0.2) is 0 Å². The molecule has 2 unspecified atom stereocenters. The molecule has 0 spiro atoms. The first-order valence-electron chi connectivity index (χ1n) is 15.5. The Morgan fingerprint density at radius 2 is 0.765 bits per heavy atom. The van der Waals surface area contributed by atoms with Gasteiger partial charge in [0.1, 0.15) is 12.5 Å². The normalized spacial score (nSPS) is 13.6. The highest BCUT2D eigenvalue weighted by Gasteiger charge is 2.16. The van der Waals surface area contributed by atoms with Gasteiger partial charge in [-0.15, -0.1) is 0 Å². The summed E-state index contributed by atoms with van der Waals surface area (Å²) < 4.78 is 0. The third-order valence-corrected chi connectivity index (χ3v) is 7.17. The molecule has 0 aliphatic carbocycles. The van der Waals surface area contributed by atoms with Gasteiger partial charge in [-0.2, -0.15) is 0 Å². The van der Waals surface area contributed by atoms with Crippen LogP contribution in [0.15, 0.2) is 12.3 Å². The Morgan fingerprint density at radius 1 is 0.471 bits per heavy atom. The molecular weight excluding hydrogens is 418 g/mol. The van der Waals surface area contributed by atoms with E-state index < -0.39 is 12.5 Å². The number of aliphatic hydroxyl groups is 2. The number of hydrogen-bond acceptors (Lipinski definition) is 3. The fourth-order valence-corrected chi connectivity index (χ4v) is 4.71. The molecule has 0 radical (unpaired) electrons. The fourth-order valence-electron chi connectivity index (χ4n) is 4.71. The number of unbranched alkanes of at least 4 members (excludes halogenated alkanes) is 21. The second-order valence-corrected chi connectivity index (χ2v) is 10.5. The maximum Gasteiger partial charge on any atom is 0.128 e. The summed E-state index contributed by atoms with van der Waals surface area (Å²) in [4.78, 5) is 1.68. The van der Waals surface area contributed by atoms with Crippen molar-refractivity contribution in [1.29, 1.82) is 0 Å². The van der Waals surface area contributed by atoms with Gasteiger partial charge in [0.2, 0.25) is 0 Å². The Kier molecular flexibility index (Phi) is 26.6. The zero-order chi connectivity index (χ0) is 25.1. The van der Waals surface area contributed by atoms with Crippen LogP contribution >= 0.6 is 0 Å². The lowest BCUT2D eigenvalue weighted by Crippen LogP contribution is -2.38. The van der Waals surface area contributed by atoms with Crippen molar-refractivity contribution in [1.82, 2.24) is 4.90 Å². The van der Waals surface area contributed by atoms with Crippen LogP contribution in [0.2, 0.25) is 0 Å². The minimum atomic E-state index is -0.592. The molecule has 0 aliphatic heterocycles. The van der Waals surface area contributed by atoms with Crippen LogP contribution in [0.5, 0.6) is 0 Å². The predicted molar refractivity (Wildman–Crippen MR) is 151 cm³/mol. The van der Waals surface area contributed by atoms with Crippen molar-refractivity contribution in [2.24, 2.45) is 0 Å². The van der Waals surface area contributed by atoms with Crippen LogP contribution in [0.3, 0.4) is 0 Å². The van der Waals surface area contributed by atoms with Crippen LogP contribution < -0.4 is 0 Å². The third kappa shape index (κ3) is 22.0. The van der Waals surface area contributed by atoms with Crippen LogP contribution in [0.1, 0.15) is 175 Å². The van der Waals surface area contributed by atoms with Crippen LogP contribution in [-0.4, -0.2) is 27.6 Å². The summed E-state index contributed by atoms with van der Waals surface area (Å²) in [6.45, 7) is 6.17. The van der Waals surface area contributed by atoms with Gasteiger partial charge in [-0.25, -0.2) is 0 Å². The van der Waals surface area contributed by atoms with Crippen LogP contribution in [-0.2, 0) is 0 Å². The maximum absolute atomic E-state index is 10.0. The number of allylic oxidation sites excluding steroid dienone is 1. The SMILES string of the molecule is CCCCCCCCCCCCCCCCCCCCCCCC=CN(C(O)CC)C(O)CC. The quantitative estimate of drug-likeness (QED) is 0.0906. The average molecular weight is 482 g/mol. The van der Waals surface area contributed by atoms with Gasteiger partial charge in [0.25, 0.3) is 0 Å². The van der Waals surface area contributed by atoms with Gasteiger partial charge in [-0.3, -0.25) is 0 Å². The first kappa shape index (κ1) is 33.5. The summed E-state index contributed by atoms with van der Waals surface area (Å²) in [7, 11) is 0. The Morgan fingerprint density at radius 3 is 1.06 bits per heavy atom. The van der Waals surface area contributed by atoms with Crippen molar-refractivity contribution in [3.63, 3.8) is 0 Å². The van der Waals surface area contributed by atoms with E-state index in [1.165, 1.54) is 135 Å². The molecule has 0 aliphatic rings. The van der Waals surface area contributed by atoms with Crippen molar-refractivity contribution >= 4 is 0 Å². The molecule has 0 aromatic carbocycles. The molecular formula is C31H63NO2. The molecule has 0 fully saturated rings. The predicted octanol–water partition coefficient (Wildman–Crippen LogP) is 9.86. The molecule has 0 aromatic heterocycles. The summed E-state index contributed by atoms with van der Waals surface area (Å²) in [5.74, 6) is 0. The molecule has 3 nitrogen and oxygen atoms in total. The van der Waals surface area contributed by atoms with Crippen LogP contribution in [0.25, 0.3) is 0 Å². The van der Waals surface area contributed by atoms with Crippen molar-refractivity contribution in [3.8, 4) is 0 Å². The molecule has 0 bridgehead atoms. The van der Waals surface area contributed by atoms with Gasteiger partial charge in [-0.05, 0) is 25.7 Å². The molecule has 0 saturated carbocycles. The lowest BCUT2D eigenvalue weighted by atomic mass is 10.0. The van der Waals surface area contributed by atoms with Crippen LogP contribution in [0.4, 0.5) is 0 Å². The highest BCUT2D eigenvalue weighted by Crippen LogP contribution is 2.15. The smallest absolute Gasteiger partial charge is 0.128 e. The molecule has 3 heteroatoms. The van der Waals surface area contributed by atoms with Gasteiger partial charge in [0, 0.05) is 6.20 Å². The fraction of sp³-hybridized carbons (Fsp3) is 0.935. The van der Waals surface area contributed by atoms with Crippen molar-refractivity contribution < 1.29 is 10.2 Å². The van der Waals surface area contributed by atoms with E-state index in [1.54, 1.807) is 4.90 Å². The molecule has 0 aromatic rings. The highest BCUT2D eigenvalue weighted by molar-refractivity contribution is 4.85. The van der Waals surface area contributed by atoms with Crippen LogP contribution in [0, 0.1) is 0 Å². The van der Waals surface area contributed by atoms with E-state index >= 15 is 0 Å². The van der Waals surface area contributed by atoms with Gasteiger partial charge in [-0.1, -0.05) is 155 Å². The largest absolute Gasteiger partial charge is 0.374 e. The summed E-state index contributed by atoms with van der Waals surface area (Å²) in [5.41, 5.74) is 0. The summed E-state index contributed by atoms with van der Waals surface area (Å²) >= 11 is 0. The summed E-state index contributed by atoms with van der Waals surface area (Å²) in [5, 5.41) is 20.0. The van der Waals surface area contributed by atoms with Gasteiger partial charge < -0.3 is 15.1 Å². The second-order valence-electron chi connectivity index (χ2n) is 10.5. The zero-order valence-electron chi connectivity index (χ0n) is 23.6. The molecule has 0 rings (SSSR count). The maximum atomic E-state index is 10.0. The number of rotatable bonds is 27. The minimum absolute atomic E-state index is 0.592. The Bertz CT molecular complexity index is 402. The second kappa shape index (κ2) is 27.1. The molecule has 2 atom stereocenters. The lowest BCUT2D eigenvalue weighted by Gasteiger charge is -2.30. The van der Waals surface area contributed by atoms with Crippen molar-refractivity contribution in [3.05, 3.63) is 12.3 Å². The van der Waals surface area contributed by atoms with E-state index in [9.17, 15) is 10.2 Å². The van der Waals surface area contributed by atoms with E-state index in [4.69, 9.17) is 0 Å². The topological polar surface area (TPSA) is 43.7 Å². The molecule has 34 heavy (non-hydrogen) atoms. The third-order valence-electron chi connectivity index (χ3n) is 7.17. The zero-order valence-corrected chi connectivity index (χ0v) is 23.6.